The quantitative estimate of drug-likeness (QED) is 0.0547. The summed E-state index contributed by atoms with van der Waals surface area (Å²) in [4.78, 5) is 38.4. The van der Waals surface area contributed by atoms with Crippen molar-refractivity contribution in [2.45, 2.75) is 45.6 Å². The van der Waals surface area contributed by atoms with E-state index >= 15 is 0 Å². The van der Waals surface area contributed by atoms with Crippen LogP contribution in [0.25, 0.3) is 10.2 Å². The lowest BCUT2D eigenvalue weighted by molar-refractivity contribution is -0.0435. The van der Waals surface area contributed by atoms with E-state index in [1.807, 2.05) is 60.3 Å². The fourth-order valence-corrected chi connectivity index (χ4v) is 11.0. The zero-order valence-corrected chi connectivity index (χ0v) is 37.0. The van der Waals surface area contributed by atoms with Gasteiger partial charge in [0.2, 0.25) is 0 Å². The van der Waals surface area contributed by atoms with Gasteiger partial charge in [0, 0.05) is 35.3 Å². The molecule has 2 N–H and O–H groups in total. The van der Waals surface area contributed by atoms with Gasteiger partial charge in [0.25, 0.3) is 15.7 Å². The van der Waals surface area contributed by atoms with Gasteiger partial charge in [-0.3, -0.25) is 14.9 Å². The van der Waals surface area contributed by atoms with E-state index in [1.165, 1.54) is 42.1 Å². The number of anilines is 3. The van der Waals surface area contributed by atoms with E-state index in [2.05, 4.69) is 20.6 Å². The first-order chi connectivity index (χ1) is 29.9. The first-order valence-corrected chi connectivity index (χ1v) is 24.3. The van der Waals surface area contributed by atoms with E-state index < -0.39 is 70.0 Å². The average Bonchev–Trinajstić information content (AvgIpc) is 3.65. The third-order valence-electron chi connectivity index (χ3n) is 10.1. The van der Waals surface area contributed by atoms with Gasteiger partial charge in [-0.05, 0) is 111 Å². The van der Waals surface area contributed by atoms with Crippen LogP contribution >= 0.6 is 23.1 Å². The second kappa shape index (κ2) is 18.7. The number of rotatable bonds is 16. The van der Waals surface area contributed by atoms with Gasteiger partial charge >= 0.3 is 5.51 Å². The van der Waals surface area contributed by atoms with Crippen molar-refractivity contribution in [2.75, 3.05) is 54.2 Å². The van der Waals surface area contributed by atoms with Gasteiger partial charge in [-0.25, -0.2) is 31.2 Å². The SMILES string of the molecule is CN(C)CC[C@H](CSc1ccccc1)Nc1ccc(S(=O)(=O)CC(=O)c2cccc(N3CCc4cccc(C(=O)Nc5nc6ccc(F)cc6s5)c4C3)n2)cc1S(=O)(=O)C(F)(F)F. The van der Waals surface area contributed by atoms with Crippen molar-refractivity contribution in [3.63, 3.8) is 0 Å². The summed E-state index contributed by atoms with van der Waals surface area (Å²) in [5.74, 6) is -2.40. The normalized spacial score (nSPS) is 13.8. The topological polar surface area (TPSA) is 159 Å². The van der Waals surface area contributed by atoms with Crippen molar-refractivity contribution in [3.05, 3.63) is 131 Å². The molecular formula is C43H40F4N6O6S4. The number of carbonyl (C=O) groups is 2. The molecule has 1 atom stereocenters. The number of thioether (sulfide) groups is 1. The predicted molar refractivity (Wildman–Crippen MR) is 237 cm³/mol. The number of pyridine rings is 1. The van der Waals surface area contributed by atoms with Crippen molar-refractivity contribution >= 4 is 81.3 Å². The molecule has 0 aliphatic carbocycles. The number of halogens is 4. The number of carbonyl (C=O) groups excluding carboxylic acids is 2. The zero-order chi connectivity index (χ0) is 45.1. The number of hydrogen-bond donors (Lipinski definition) is 2. The molecular weight excluding hydrogens is 901 g/mol. The molecule has 0 fully saturated rings. The number of Topliss-reactive ketones (excluding diaryl/α,β-unsaturated/α-hetero) is 1. The van der Waals surface area contributed by atoms with Gasteiger partial charge < -0.3 is 15.1 Å². The van der Waals surface area contributed by atoms with Crippen molar-refractivity contribution in [2.24, 2.45) is 0 Å². The number of sulfone groups is 2. The molecule has 63 heavy (non-hydrogen) atoms. The van der Waals surface area contributed by atoms with Crippen LogP contribution in [0.5, 0.6) is 0 Å². The fourth-order valence-electron chi connectivity index (χ4n) is 6.90. The van der Waals surface area contributed by atoms with E-state index in [0.29, 0.717) is 64.9 Å². The van der Waals surface area contributed by atoms with Gasteiger partial charge in [0.1, 0.15) is 28.0 Å². The van der Waals surface area contributed by atoms with Gasteiger partial charge in [-0.2, -0.15) is 13.2 Å². The molecule has 1 aliphatic heterocycles. The minimum absolute atomic E-state index is 0.199. The predicted octanol–water partition coefficient (Wildman–Crippen LogP) is 8.12. The lowest BCUT2D eigenvalue weighted by atomic mass is 9.94. The third kappa shape index (κ3) is 10.7. The molecule has 0 bridgehead atoms. The molecule has 0 unspecified atom stereocenters. The van der Waals surface area contributed by atoms with E-state index in [4.69, 9.17) is 0 Å². The molecule has 3 heterocycles. The maximum atomic E-state index is 14.1. The highest BCUT2D eigenvalue weighted by molar-refractivity contribution is 7.99. The van der Waals surface area contributed by atoms with Crippen molar-refractivity contribution in [1.82, 2.24) is 14.9 Å². The number of alkyl halides is 3. The van der Waals surface area contributed by atoms with Crippen molar-refractivity contribution < 1.29 is 44.0 Å². The molecule has 1 amide bonds. The maximum absolute atomic E-state index is 14.1. The van der Waals surface area contributed by atoms with E-state index in [1.54, 1.807) is 18.2 Å². The maximum Gasteiger partial charge on any atom is 0.501 e. The molecule has 1 aliphatic rings. The lowest BCUT2D eigenvalue weighted by Gasteiger charge is -2.31. The van der Waals surface area contributed by atoms with Crippen molar-refractivity contribution in [1.29, 1.82) is 0 Å². The Hall–Kier alpha value is -5.41. The van der Waals surface area contributed by atoms with E-state index in [9.17, 15) is 44.0 Å². The molecule has 330 valence electrons. The molecule has 0 spiro atoms. The van der Waals surface area contributed by atoms with Crippen LogP contribution < -0.4 is 15.5 Å². The molecule has 20 heteroatoms. The Morgan fingerprint density at radius 3 is 2.43 bits per heavy atom. The number of amides is 1. The van der Waals surface area contributed by atoms with Crippen molar-refractivity contribution in [3.8, 4) is 0 Å². The molecule has 12 nitrogen and oxygen atoms in total. The minimum atomic E-state index is -6.07. The highest BCUT2D eigenvalue weighted by atomic mass is 32.2. The van der Waals surface area contributed by atoms with Crippen LogP contribution in [0.4, 0.5) is 34.2 Å². The number of benzene rings is 4. The van der Waals surface area contributed by atoms with Crippen LogP contribution in [0.2, 0.25) is 0 Å². The summed E-state index contributed by atoms with van der Waals surface area (Å²) in [6.07, 6.45) is 0.913. The zero-order valence-electron chi connectivity index (χ0n) is 33.7. The fraction of sp³-hybridized carbons (Fsp3) is 0.256. The second-order valence-electron chi connectivity index (χ2n) is 14.9. The van der Waals surface area contributed by atoms with Crippen LogP contribution in [0, 0.1) is 5.82 Å². The summed E-state index contributed by atoms with van der Waals surface area (Å²) in [5, 5.41) is 6.01. The highest BCUT2D eigenvalue weighted by Crippen LogP contribution is 2.37. The molecule has 6 aromatic rings. The number of thiazole rings is 1. The first kappa shape index (κ1) is 45.6. The number of fused-ring (bicyclic) bond motifs is 2. The first-order valence-electron chi connectivity index (χ1n) is 19.4. The lowest BCUT2D eigenvalue weighted by Crippen LogP contribution is -2.33. The van der Waals surface area contributed by atoms with Crippen LogP contribution in [0.15, 0.2) is 118 Å². The highest BCUT2D eigenvalue weighted by Gasteiger charge is 2.48. The smallest absolute Gasteiger partial charge is 0.380 e. The number of hydrogen-bond acceptors (Lipinski definition) is 13. The average molecular weight is 941 g/mol. The van der Waals surface area contributed by atoms with Gasteiger partial charge in [0.15, 0.2) is 20.8 Å². The Morgan fingerprint density at radius 2 is 1.68 bits per heavy atom. The molecule has 0 radical (unpaired) electrons. The molecule has 4 aromatic carbocycles. The van der Waals surface area contributed by atoms with Crippen LogP contribution in [-0.4, -0.2) is 93.6 Å². The minimum Gasteiger partial charge on any atom is -0.380 e. The summed E-state index contributed by atoms with van der Waals surface area (Å²) in [6.45, 7) is 1.14. The van der Waals surface area contributed by atoms with Gasteiger partial charge in [-0.1, -0.05) is 47.7 Å². The summed E-state index contributed by atoms with van der Waals surface area (Å²) < 4.78 is 110. The summed E-state index contributed by atoms with van der Waals surface area (Å²) in [7, 11) is -7.16. The number of ketones is 1. The van der Waals surface area contributed by atoms with Crippen LogP contribution in [-0.2, 0) is 32.6 Å². The van der Waals surface area contributed by atoms with Gasteiger partial charge in [-0.15, -0.1) is 11.8 Å². The van der Waals surface area contributed by atoms with E-state index in [0.717, 1.165) is 33.9 Å². The summed E-state index contributed by atoms with van der Waals surface area (Å²) >= 11 is 2.55. The second-order valence-corrected chi connectivity index (χ2v) is 21.0. The van der Waals surface area contributed by atoms with Gasteiger partial charge in [0.05, 0.1) is 20.8 Å². The Kier molecular flexibility index (Phi) is 13.6. The Balaban J connectivity index is 1.09. The van der Waals surface area contributed by atoms with Crippen LogP contribution in [0.3, 0.4) is 0 Å². The van der Waals surface area contributed by atoms with E-state index in [-0.39, 0.29) is 17.4 Å². The monoisotopic (exact) mass is 940 g/mol. The molecule has 7 rings (SSSR count). The standard InChI is InChI=1S/C43H40F4N6O6S4/c1-52(2)20-19-29(25-60-30-9-4-3-5-10-30)48-36-17-15-31(23-39(36)63(58,59)43(45,46)47)62(56,57)26-37(54)34-12-7-13-40(49-34)53-21-18-27-8-6-11-32(33(27)24-53)41(55)51-42-50-35-16-14-28(44)22-38(35)61-42/h3-17,22-23,29,48H,18-21,24-26H2,1-2H3,(H,50,51,55)/t29-/m1/s1. The third-order valence-corrected chi connectivity index (χ3v) is 15.4. The molecule has 0 saturated heterocycles. The number of aromatic nitrogens is 2. The van der Waals surface area contributed by atoms with Crippen LogP contribution in [0.1, 0.15) is 38.4 Å². The molecule has 2 aromatic heterocycles. The Morgan fingerprint density at radius 1 is 0.921 bits per heavy atom. The Bertz CT molecular complexity index is 2900. The number of nitrogens with one attached hydrogen (secondary N) is 2. The Labute approximate surface area is 369 Å². The largest absolute Gasteiger partial charge is 0.501 e. The summed E-state index contributed by atoms with van der Waals surface area (Å²) in [5.41, 5.74) is -3.94. The summed E-state index contributed by atoms with van der Waals surface area (Å²) in [6, 6.07) is 25.0. The number of nitrogens with zero attached hydrogens (tertiary/aromatic N) is 4. The molecule has 0 saturated carbocycles.